The molecule has 1 amide bonds. The Morgan fingerprint density at radius 3 is 2.89 bits per heavy atom. The molecule has 0 radical (unpaired) electrons. The van der Waals surface area contributed by atoms with Gasteiger partial charge in [-0.05, 0) is 39.7 Å². The number of ether oxygens (including phenoxy) is 1. The van der Waals surface area contributed by atoms with Crippen LogP contribution >= 0.6 is 0 Å². The van der Waals surface area contributed by atoms with Crippen molar-refractivity contribution in [2.75, 3.05) is 12.3 Å². The van der Waals surface area contributed by atoms with Crippen LogP contribution in [0.15, 0.2) is 18.3 Å². The van der Waals surface area contributed by atoms with E-state index in [9.17, 15) is 4.79 Å². The van der Waals surface area contributed by atoms with Crippen LogP contribution < -0.4 is 5.73 Å². The average Bonchev–Trinajstić information content (AvgIpc) is 2.76. The predicted octanol–water partition coefficient (Wildman–Crippen LogP) is 2.74. The SMILES string of the molecule is CC(C)(C)OC(=O)N1CCC[C@@H]1c1cccnc1N. The first-order chi connectivity index (χ1) is 8.88. The molecule has 1 fully saturated rings. The van der Waals surface area contributed by atoms with Gasteiger partial charge < -0.3 is 15.4 Å². The van der Waals surface area contributed by atoms with E-state index in [0.29, 0.717) is 12.4 Å². The normalized spacial score (nSPS) is 19.5. The van der Waals surface area contributed by atoms with Gasteiger partial charge >= 0.3 is 6.09 Å². The summed E-state index contributed by atoms with van der Waals surface area (Å²) in [5, 5.41) is 0. The van der Waals surface area contributed by atoms with Gasteiger partial charge in [0.2, 0.25) is 0 Å². The third-order valence-corrected chi connectivity index (χ3v) is 3.11. The molecule has 19 heavy (non-hydrogen) atoms. The second kappa shape index (κ2) is 5.07. The van der Waals surface area contributed by atoms with E-state index < -0.39 is 5.60 Å². The molecule has 0 unspecified atom stereocenters. The molecule has 5 heteroatoms. The highest BCUT2D eigenvalue weighted by Gasteiger charge is 2.34. The number of anilines is 1. The molecule has 2 N–H and O–H groups in total. The Morgan fingerprint density at radius 2 is 2.26 bits per heavy atom. The molecule has 0 bridgehead atoms. The standard InChI is InChI=1S/C14H21N3O2/c1-14(2,3)19-13(18)17-9-5-7-11(17)10-6-4-8-16-12(10)15/h4,6,8,11H,5,7,9H2,1-3H3,(H2,15,16)/t11-/m1/s1. The first-order valence-electron chi connectivity index (χ1n) is 6.58. The van der Waals surface area contributed by atoms with E-state index in [1.54, 1.807) is 11.1 Å². The van der Waals surface area contributed by atoms with E-state index in [1.165, 1.54) is 0 Å². The number of nitrogens with zero attached hydrogens (tertiary/aromatic N) is 2. The number of hydrogen-bond acceptors (Lipinski definition) is 4. The average molecular weight is 263 g/mol. The summed E-state index contributed by atoms with van der Waals surface area (Å²) in [6.07, 6.45) is 3.23. The number of aromatic nitrogens is 1. The quantitative estimate of drug-likeness (QED) is 0.845. The molecular formula is C14H21N3O2. The maximum atomic E-state index is 12.2. The van der Waals surface area contributed by atoms with E-state index in [4.69, 9.17) is 10.5 Å². The Kier molecular flexibility index (Phi) is 3.64. The predicted molar refractivity (Wildman–Crippen MR) is 73.6 cm³/mol. The molecule has 1 aliphatic rings. The lowest BCUT2D eigenvalue weighted by Gasteiger charge is -2.29. The van der Waals surface area contributed by atoms with Crippen molar-refractivity contribution in [3.8, 4) is 0 Å². The van der Waals surface area contributed by atoms with Crippen LogP contribution in [0.1, 0.15) is 45.2 Å². The van der Waals surface area contributed by atoms with E-state index in [2.05, 4.69) is 4.98 Å². The summed E-state index contributed by atoms with van der Waals surface area (Å²) >= 11 is 0. The highest BCUT2D eigenvalue weighted by Crippen LogP contribution is 2.35. The Bertz CT molecular complexity index is 468. The smallest absolute Gasteiger partial charge is 0.410 e. The summed E-state index contributed by atoms with van der Waals surface area (Å²) in [6, 6.07) is 3.75. The molecule has 1 aliphatic heterocycles. The third kappa shape index (κ3) is 3.16. The summed E-state index contributed by atoms with van der Waals surface area (Å²) in [5.74, 6) is 0.489. The monoisotopic (exact) mass is 263 g/mol. The number of carbonyl (C=O) groups excluding carboxylic acids is 1. The van der Waals surface area contributed by atoms with Gasteiger partial charge in [-0.15, -0.1) is 0 Å². The zero-order chi connectivity index (χ0) is 14.0. The van der Waals surface area contributed by atoms with Crippen LogP contribution in [0.2, 0.25) is 0 Å². The first-order valence-corrected chi connectivity index (χ1v) is 6.58. The number of amides is 1. The van der Waals surface area contributed by atoms with Crippen molar-refractivity contribution >= 4 is 11.9 Å². The van der Waals surface area contributed by atoms with Crippen molar-refractivity contribution in [1.29, 1.82) is 0 Å². The number of nitrogen functional groups attached to an aromatic ring is 1. The van der Waals surface area contributed by atoms with Crippen molar-refractivity contribution in [2.45, 2.75) is 45.3 Å². The molecule has 2 heterocycles. The topological polar surface area (TPSA) is 68.5 Å². The molecule has 1 aromatic heterocycles. The van der Waals surface area contributed by atoms with Crippen LogP contribution in [-0.2, 0) is 4.74 Å². The van der Waals surface area contributed by atoms with Crippen LogP contribution in [0.4, 0.5) is 10.6 Å². The van der Waals surface area contributed by atoms with Gasteiger partial charge in [0.25, 0.3) is 0 Å². The maximum Gasteiger partial charge on any atom is 0.410 e. The van der Waals surface area contributed by atoms with Crippen LogP contribution in [0, 0.1) is 0 Å². The summed E-state index contributed by atoms with van der Waals surface area (Å²) in [7, 11) is 0. The molecule has 1 atom stereocenters. The van der Waals surface area contributed by atoms with E-state index in [-0.39, 0.29) is 12.1 Å². The fourth-order valence-electron chi connectivity index (χ4n) is 2.34. The van der Waals surface area contributed by atoms with Crippen LogP contribution in [0.25, 0.3) is 0 Å². The third-order valence-electron chi connectivity index (χ3n) is 3.11. The molecule has 104 valence electrons. The van der Waals surface area contributed by atoms with Gasteiger partial charge in [0.1, 0.15) is 11.4 Å². The molecule has 0 aromatic carbocycles. The fraction of sp³-hybridized carbons (Fsp3) is 0.571. The summed E-state index contributed by atoms with van der Waals surface area (Å²) < 4.78 is 5.44. The number of hydrogen-bond donors (Lipinski definition) is 1. The molecule has 1 aromatic rings. The van der Waals surface area contributed by atoms with Crippen LogP contribution in [-0.4, -0.2) is 28.1 Å². The maximum absolute atomic E-state index is 12.2. The molecule has 1 saturated heterocycles. The lowest BCUT2D eigenvalue weighted by Crippen LogP contribution is -2.36. The number of carbonyl (C=O) groups is 1. The second-order valence-corrected chi connectivity index (χ2v) is 5.81. The van der Waals surface area contributed by atoms with E-state index in [1.807, 2.05) is 32.9 Å². The Labute approximate surface area is 113 Å². The highest BCUT2D eigenvalue weighted by atomic mass is 16.6. The highest BCUT2D eigenvalue weighted by molar-refractivity contribution is 5.69. The fourth-order valence-corrected chi connectivity index (χ4v) is 2.34. The van der Waals surface area contributed by atoms with Gasteiger partial charge in [0.05, 0.1) is 6.04 Å². The van der Waals surface area contributed by atoms with E-state index >= 15 is 0 Å². The Balaban J connectivity index is 2.18. The van der Waals surface area contributed by atoms with Crippen molar-refractivity contribution < 1.29 is 9.53 Å². The molecule has 5 nitrogen and oxygen atoms in total. The van der Waals surface area contributed by atoms with Gasteiger partial charge in [0.15, 0.2) is 0 Å². The lowest BCUT2D eigenvalue weighted by atomic mass is 10.1. The van der Waals surface area contributed by atoms with E-state index in [0.717, 1.165) is 18.4 Å². The summed E-state index contributed by atoms with van der Waals surface area (Å²) in [4.78, 5) is 18.0. The van der Waals surface area contributed by atoms with Crippen LogP contribution in [0.3, 0.4) is 0 Å². The van der Waals surface area contributed by atoms with Gasteiger partial charge in [-0.25, -0.2) is 9.78 Å². The van der Waals surface area contributed by atoms with Crippen molar-refractivity contribution in [3.05, 3.63) is 23.9 Å². The Hall–Kier alpha value is -1.78. The summed E-state index contributed by atoms with van der Waals surface area (Å²) in [5.41, 5.74) is 6.33. The van der Waals surface area contributed by atoms with Gasteiger partial charge in [-0.2, -0.15) is 0 Å². The first kappa shape index (κ1) is 13.6. The van der Waals surface area contributed by atoms with Crippen LogP contribution in [0.5, 0.6) is 0 Å². The minimum Gasteiger partial charge on any atom is -0.444 e. The number of pyridine rings is 1. The van der Waals surface area contributed by atoms with Gasteiger partial charge in [-0.1, -0.05) is 6.07 Å². The number of rotatable bonds is 1. The largest absolute Gasteiger partial charge is 0.444 e. The second-order valence-electron chi connectivity index (χ2n) is 5.81. The number of likely N-dealkylation sites (tertiary alicyclic amines) is 1. The van der Waals surface area contributed by atoms with Crippen molar-refractivity contribution in [3.63, 3.8) is 0 Å². The van der Waals surface area contributed by atoms with Crippen molar-refractivity contribution in [2.24, 2.45) is 0 Å². The van der Waals surface area contributed by atoms with Crippen molar-refractivity contribution in [1.82, 2.24) is 9.88 Å². The number of nitrogens with two attached hydrogens (primary N) is 1. The Morgan fingerprint density at radius 1 is 1.53 bits per heavy atom. The molecular weight excluding hydrogens is 242 g/mol. The minimum atomic E-state index is -0.481. The molecule has 2 rings (SSSR count). The summed E-state index contributed by atoms with van der Waals surface area (Å²) in [6.45, 7) is 6.31. The zero-order valence-electron chi connectivity index (χ0n) is 11.7. The molecule has 0 aliphatic carbocycles. The zero-order valence-corrected chi connectivity index (χ0v) is 11.7. The molecule has 0 spiro atoms. The van der Waals surface area contributed by atoms with Gasteiger partial charge in [-0.3, -0.25) is 0 Å². The van der Waals surface area contributed by atoms with Gasteiger partial charge in [0, 0.05) is 18.3 Å². The minimum absolute atomic E-state index is 0.0245. The molecule has 0 saturated carbocycles. The lowest BCUT2D eigenvalue weighted by molar-refractivity contribution is 0.0225.